The molecule has 0 saturated heterocycles. The van der Waals surface area contributed by atoms with Crippen molar-refractivity contribution in [3.63, 3.8) is 0 Å². The molecule has 0 aliphatic heterocycles. The summed E-state index contributed by atoms with van der Waals surface area (Å²) < 4.78 is 26.2. The number of pyridine rings is 1. The van der Waals surface area contributed by atoms with Crippen molar-refractivity contribution in [3.8, 4) is 0 Å². The first kappa shape index (κ1) is 12.3. The maximum absolute atomic E-state index is 11.8. The average molecular weight is 256 g/mol. The highest BCUT2D eigenvalue weighted by molar-refractivity contribution is 7.89. The molecule has 0 atom stereocenters. The van der Waals surface area contributed by atoms with Crippen molar-refractivity contribution in [2.24, 2.45) is 11.8 Å². The molecule has 0 bridgehead atoms. The Bertz CT molecular complexity index is 468. The number of rotatable bonds is 6. The quantitative estimate of drug-likeness (QED) is 0.507. The van der Waals surface area contributed by atoms with Gasteiger partial charge in [0.15, 0.2) is 0 Å². The van der Waals surface area contributed by atoms with Crippen LogP contribution in [0.15, 0.2) is 23.2 Å². The molecule has 1 aromatic rings. The van der Waals surface area contributed by atoms with E-state index in [0.717, 1.165) is 6.42 Å². The van der Waals surface area contributed by atoms with E-state index in [4.69, 9.17) is 5.84 Å². The lowest BCUT2D eigenvalue weighted by Gasteiger charge is -2.06. The Labute approximate surface area is 101 Å². The number of nitrogen functional groups attached to an aromatic ring is 1. The minimum atomic E-state index is -3.43. The third kappa shape index (κ3) is 3.39. The molecule has 1 aromatic heterocycles. The van der Waals surface area contributed by atoms with Gasteiger partial charge in [0.25, 0.3) is 0 Å². The molecule has 0 unspecified atom stereocenters. The highest BCUT2D eigenvalue weighted by atomic mass is 32.2. The zero-order valence-electron chi connectivity index (χ0n) is 9.39. The zero-order valence-corrected chi connectivity index (χ0v) is 10.2. The van der Waals surface area contributed by atoms with Crippen molar-refractivity contribution in [2.75, 3.05) is 12.0 Å². The van der Waals surface area contributed by atoms with Crippen LogP contribution >= 0.6 is 0 Å². The van der Waals surface area contributed by atoms with Crippen molar-refractivity contribution >= 4 is 15.8 Å². The van der Waals surface area contributed by atoms with E-state index in [1.54, 1.807) is 0 Å². The van der Waals surface area contributed by atoms with Crippen molar-refractivity contribution in [2.45, 2.75) is 24.2 Å². The van der Waals surface area contributed by atoms with Crippen molar-refractivity contribution in [1.29, 1.82) is 0 Å². The van der Waals surface area contributed by atoms with Crippen LogP contribution in [-0.2, 0) is 10.0 Å². The Morgan fingerprint density at radius 2 is 2.18 bits per heavy atom. The SMILES string of the molecule is NNc1ccc(S(=O)(=O)NCCC2CC2)cn1. The summed E-state index contributed by atoms with van der Waals surface area (Å²) in [4.78, 5) is 4.02. The molecule has 6 nitrogen and oxygen atoms in total. The molecule has 2 rings (SSSR count). The summed E-state index contributed by atoms with van der Waals surface area (Å²) in [7, 11) is -3.43. The molecule has 0 radical (unpaired) electrons. The summed E-state index contributed by atoms with van der Waals surface area (Å²) in [5, 5.41) is 0. The number of sulfonamides is 1. The van der Waals surface area contributed by atoms with Gasteiger partial charge in [-0.05, 0) is 24.5 Å². The maximum atomic E-state index is 11.8. The summed E-state index contributed by atoms with van der Waals surface area (Å²) in [6, 6.07) is 3.00. The van der Waals surface area contributed by atoms with E-state index in [0.29, 0.717) is 18.3 Å². The summed E-state index contributed by atoms with van der Waals surface area (Å²) in [5.74, 6) is 6.29. The molecule has 0 amide bonds. The van der Waals surface area contributed by atoms with Crippen LogP contribution in [0.2, 0.25) is 0 Å². The van der Waals surface area contributed by atoms with E-state index in [1.807, 2.05) is 0 Å². The number of nitrogens with one attached hydrogen (secondary N) is 2. The van der Waals surface area contributed by atoms with Crippen LogP contribution in [0.25, 0.3) is 0 Å². The van der Waals surface area contributed by atoms with Gasteiger partial charge in [0, 0.05) is 12.7 Å². The fourth-order valence-electron chi connectivity index (χ4n) is 1.51. The van der Waals surface area contributed by atoms with Crippen molar-refractivity contribution < 1.29 is 8.42 Å². The van der Waals surface area contributed by atoms with Crippen LogP contribution in [0, 0.1) is 5.92 Å². The molecule has 0 aromatic carbocycles. The van der Waals surface area contributed by atoms with Gasteiger partial charge in [0.05, 0.1) is 0 Å². The molecule has 1 saturated carbocycles. The minimum Gasteiger partial charge on any atom is -0.308 e. The Morgan fingerprint density at radius 1 is 1.41 bits per heavy atom. The van der Waals surface area contributed by atoms with E-state index in [9.17, 15) is 8.42 Å². The molecular formula is C10H16N4O2S. The Kier molecular flexibility index (Phi) is 3.60. The van der Waals surface area contributed by atoms with Crippen LogP contribution < -0.4 is 16.0 Å². The number of hydrogen-bond donors (Lipinski definition) is 3. The first-order chi connectivity index (χ1) is 8.12. The predicted octanol–water partition coefficient (Wildman–Crippen LogP) is 0.446. The second-order valence-corrected chi connectivity index (χ2v) is 5.92. The van der Waals surface area contributed by atoms with Crippen LogP contribution in [0.1, 0.15) is 19.3 Å². The highest BCUT2D eigenvalue weighted by Gasteiger charge is 2.22. The highest BCUT2D eigenvalue weighted by Crippen LogP contribution is 2.31. The molecule has 4 N–H and O–H groups in total. The summed E-state index contributed by atoms with van der Waals surface area (Å²) in [6.07, 6.45) is 4.64. The number of nitrogens with zero attached hydrogens (tertiary/aromatic N) is 1. The van der Waals surface area contributed by atoms with Gasteiger partial charge in [0.2, 0.25) is 10.0 Å². The molecular weight excluding hydrogens is 240 g/mol. The topological polar surface area (TPSA) is 97.1 Å². The first-order valence-electron chi connectivity index (χ1n) is 5.54. The first-order valence-corrected chi connectivity index (χ1v) is 7.02. The predicted molar refractivity (Wildman–Crippen MR) is 64.6 cm³/mol. The molecule has 1 heterocycles. The molecule has 1 aliphatic carbocycles. The van der Waals surface area contributed by atoms with Gasteiger partial charge in [-0.2, -0.15) is 0 Å². The number of anilines is 1. The third-order valence-electron chi connectivity index (χ3n) is 2.74. The lowest BCUT2D eigenvalue weighted by Crippen LogP contribution is -2.25. The van der Waals surface area contributed by atoms with Gasteiger partial charge in [-0.15, -0.1) is 0 Å². The zero-order chi connectivity index (χ0) is 12.3. The van der Waals surface area contributed by atoms with Gasteiger partial charge < -0.3 is 5.43 Å². The van der Waals surface area contributed by atoms with E-state index < -0.39 is 10.0 Å². The summed E-state index contributed by atoms with van der Waals surface area (Å²) >= 11 is 0. The standard InChI is InChI=1S/C10H16N4O2S/c11-14-10-4-3-9(7-12-10)17(15,16)13-6-5-8-1-2-8/h3-4,7-8,13H,1-2,5-6,11H2,(H,12,14). The molecule has 0 spiro atoms. The third-order valence-corrected chi connectivity index (χ3v) is 4.18. The van der Waals surface area contributed by atoms with Gasteiger partial charge in [-0.3, -0.25) is 0 Å². The molecule has 1 fully saturated rings. The second-order valence-electron chi connectivity index (χ2n) is 4.15. The summed E-state index contributed by atoms with van der Waals surface area (Å²) in [5.41, 5.74) is 2.35. The monoisotopic (exact) mass is 256 g/mol. The van der Waals surface area contributed by atoms with Crippen molar-refractivity contribution in [1.82, 2.24) is 9.71 Å². The van der Waals surface area contributed by atoms with Crippen LogP contribution in [-0.4, -0.2) is 19.9 Å². The Morgan fingerprint density at radius 3 is 2.71 bits per heavy atom. The average Bonchev–Trinajstić information content (AvgIpc) is 3.13. The van der Waals surface area contributed by atoms with Crippen LogP contribution in [0.5, 0.6) is 0 Å². The maximum Gasteiger partial charge on any atom is 0.242 e. The normalized spacial score (nSPS) is 15.8. The van der Waals surface area contributed by atoms with E-state index in [1.165, 1.54) is 31.2 Å². The van der Waals surface area contributed by atoms with Crippen molar-refractivity contribution in [3.05, 3.63) is 18.3 Å². The number of hydrazine groups is 1. The lowest BCUT2D eigenvalue weighted by molar-refractivity contribution is 0.575. The van der Waals surface area contributed by atoms with Crippen LogP contribution in [0.3, 0.4) is 0 Å². The second kappa shape index (κ2) is 4.99. The number of hydrogen-bond acceptors (Lipinski definition) is 5. The lowest BCUT2D eigenvalue weighted by atomic mass is 10.3. The van der Waals surface area contributed by atoms with Crippen LogP contribution in [0.4, 0.5) is 5.82 Å². The largest absolute Gasteiger partial charge is 0.308 e. The van der Waals surface area contributed by atoms with Gasteiger partial charge in [-0.1, -0.05) is 12.8 Å². The smallest absolute Gasteiger partial charge is 0.242 e. The Hall–Kier alpha value is -1.18. The summed E-state index contributed by atoms with van der Waals surface area (Å²) in [6.45, 7) is 0.490. The number of aromatic nitrogens is 1. The fraction of sp³-hybridized carbons (Fsp3) is 0.500. The van der Waals surface area contributed by atoms with Gasteiger partial charge in [0.1, 0.15) is 10.7 Å². The van der Waals surface area contributed by atoms with E-state index in [-0.39, 0.29) is 4.90 Å². The minimum absolute atomic E-state index is 0.160. The van der Waals surface area contributed by atoms with Gasteiger partial charge >= 0.3 is 0 Å². The fourth-order valence-corrected chi connectivity index (χ4v) is 2.50. The molecule has 17 heavy (non-hydrogen) atoms. The Balaban J connectivity index is 1.96. The van der Waals surface area contributed by atoms with E-state index in [2.05, 4.69) is 15.1 Å². The van der Waals surface area contributed by atoms with E-state index >= 15 is 0 Å². The van der Waals surface area contributed by atoms with Gasteiger partial charge in [-0.25, -0.2) is 24.0 Å². The molecule has 1 aliphatic rings. The molecule has 7 heteroatoms. The number of nitrogens with two attached hydrogens (primary N) is 1. The molecule has 94 valence electrons.